The minimum Gasteiger partial charge on any atom is -0.474 e. The summed E-state index contributed by atoms with van der Waals surface area (Å²) in [6.07, 6.45) is 6.82. The van der Waals surface area contributed by atoms with Crippen molar-refractivity contribution in [3.63, 3.8) is 0 Å². The number of rotatable bonds is 8. The average molecular weight is 522 g/mol. The zero-order chi connectivity index (χ0) is 26.5. The van der Waals surface area contributed by atoms with Gasteiger partial charge in [-0.25, -0.2) is 19.7 Å². The van der Waals surface area contributed by atoms with Crippen LogP contribution in [0.1, 0.15) is 81.9 Å². The lowest BCUT2D eigenvalue weighted by Gasteiger charge is -2.30. The molecule has 37 heavy (non-hydrogen) atoms. The van der Waals surface area contributed by atoms with Gasteiger partial charge in [0.15, 0.2) is 0 Å². The van der Waals surface area contributed by atoms with Gasteiger partial charge in [0.1, 0.15) is 17.7 Å². The Balaban J connectivity index is 1.52. The van der Waals surface area contributed by atoms with E-state index in [0.717, 1.165) is 47.7 Å². The molecule has 0 saturated heterocycles. The number of anilines is 2. The molecule has 1 fully saturated rings. The highest BCUT2D eigenvalue weighted by molar-refractivity contribution is 7.80. The molecule has 4 heterocycles. The van der Waals surface area contributed by atoms with Crippen molar-refractivity contribution in [2.75, 3.05) is 5.32 Å². The highest BCUT2D eigenvalue weighted by Crippen LogP contribution is 2.54. The number of carbonyl (C=O) groups is 1. The van der Waals surface area contributed by atoms with Crippen LogP contribution in [0, 0.1) is 0 Å². The van der Waals surface area contributed by atoms with Gasteiger partial charge >= 0.3 is 5.97 Å². The van der Waals surface area contributed by atoms with Crippen molar-refractivity contribution in [3.05, 3.63) is 47.4 Å². The molecular weight excluding hydrogens is 486 g/mol. The SMILES string of the molecule is CC[C@@](C)(N)c1cnc(O[C@H](C)CC(C)S)c2cnc(Nc3ccc4c(n3)C3(CC3)C(C)OC4=O)cc12. The van der Waals surface area contributed by atoms with E-state index in [1.54, 1.807) is 18.3 Å². The molecule has 1 aliphatic heterocycles. The Morgan fingerprint density at radius 1 is 1.24 bits per heavy atom. The van der Waals surface area contributed by atoms with Crippen LogP contribution < -0.4 is 15.8 Å². The summed E-state index contributed by atoms with van der Waals surface area (Å²) in [6.45, 7) is 10.1. The summed E-state index contributed by atoms with van der Waals surface area (Å²) >= 11 is 4.49. The Morgan fingerprint density at radius 3 is 2.68 bits per heavy atom. The number of thiol groups is 1. The smallest absolute Gasteiger partial charge is 0.340 e. The van der Waals surface area contributed by atoms with Crippen LogP contribution in [0.15, 0.2) is 30.6 Å². The minimum absolute atomic E-state index is 0.0502. The van der Waals surface area contributed by atoms with Crippen LogP contribution in [-0.4, -0.2) is 38.4 Å². The zero-order valence-electron chi connectivity index (χ0n) is 22.0. The number of esters is 1. The molecule has 0 amide bonds. The molecule has 2 unspecified atom stereocenters. The molecule has 5 rings (SSSR count). The number of nitrogens with one attached hydrogen (secondary N) is 1. The lowest BCUT2D eigenvalue weighted by Crippen LogP contribution is -2.36. The maximum atomic E-state index is 12.4. The summed E-state index contributed by atoms with van der Waals surface area (Å²) in [5.74, 6) is 1.48. The Morgan fingerprint density at radius 2 is 2.00 bits per heavy atom. The lowest BCUT2D eigenvalue weighted by atomic mass is 9.88. The van der Waals surface area contributed by atoms with Gasteiger partial charge in [-0.1, -0.05) is 13.8 Å². The molecule has 0 bridgehead atoms. The van der Waals surface area contributed by atoms with E-state index in [1.807, 2.05) is 40.0 Å². The fourth-order valence-corrected chi connectivity index (χ4v) is 5.45. The van der Waals surface area contributed by atoms with Gasteiger partial charge in [-0.05, 0) is 75.6 Å². The second-order valence-electron chi connectivity index (χ2n) is 10.8. The number of nitrogens with zero attached hydrogens (tertiary/aromatic N) is 3. The third-order valence-electron chi connectivity index (χ3n) is 7.76. The first-order chi connectivity index (χ1) is 17.5. The molecule has 1 saturated carbocycles. The molecule has 3 aromatic heterocycles. The van der Waals surface area contributed by atoms with E-state index in [4.69, 9.17) is 20.2 Å². The molecule has 0 radical (unpaired) electrons. The summed E-state index contributed by atoms with van der Waals surface area (Å²) in [6, 6.07) is 5.55. The molecule has 3 aromatic rings. The second kappa shape index (κ2) is 9.44. The minimum atomic E-state index is -0.577. The zero-order valence-corrected chi connectivity index (χ0v) is 22.9. The number of nitrogens with two attached hydrogens (primary N) is 1. The maximum Gasteiger partial charge on any atom is 0.340 e. The van der Waals surface area contributed by atoms with Crippen molar-refractivity contribution in [3.8, 4) is 5.88 Å². The van der Waals surface area contributed by atoms with Crippen molar-refractivity contribution in [1.82, 2.24) is 15.0 Å². The van der Waals surface area contributed by atoms with Crippen molar-refractivity contribution < 1.29 is 14.3 Å². The van der Waals surface area contributed by atoms with Crippen LogP contribution in [0.4, 0.5) is 11.6 Å². The number of carbonyl (C=O) groups excluding carboxylic acids is 1. The third kappa shape index (κ3) is 4.75. The number of aromatic nitrogens is 3. The molecule has 196 valence electrons. The Kier molecular flexibility index (Phi) is 6.56. The van der Waals surface area contributed by atoms with Gasteiger partial charge in [-0.2, -0.15) is 12.6 Å². The summed E-state index contributed by atoms with van der Waals surface area (Å²) < 4.78 is 11.8. The number of ether oxygens (including phenoxy) is 2. The number of pyridine rings is 3. The van der Waals surface area contributed by atoms with Crippen LogP contribution in [0.2, 0.25) is 0 Å². The maximum absolute atomic E-state index is 12.4. The van der Waals surface area contributed by atoms with E-state index in [-0.39, 0.29) is 28.8 Å². The van der Waals surface area contributed by atoms with Gasteiger partial charge < -0.3 is 20.5 Å². The van der Waals surface area contributed by atoms with E-state index in [2.05, 4.69) is 34.8 Å². The molecule has 0 aromatic carbocycles. The molecule has 4 atom stereocenters. The Bertz CT molecular complexity index is 1360. The number of fused-ring (bicyclic) bond motifs is 3. The van der Waals surface area contributed by atoms with Crippen molar-refractivity contribution in [1.29, 1.82) is 0 Å². The van der Waals surface area contributed by atoms with Gasteiger partial charge in [-0.15, -0.1) is 0 Å². The van der Waals surface area contributed by atoms with Gasteiger partial charge in [0.2, 0.25) is 5.88 Å². The topological polar surface area (TPSA) is 112 Å². The van der Waals surface area contributed by atoms with Crippen molar-refractivity contribution in [2.45, 2.75) is 88.7 Å². The number of hydrogen-bond acceptors (Lipinski definition) is 9. The fraction of sp³-hybridized carbons (Fsp3) is 0.500. The highest BCUT2D eigenvalue weighted by Gasteiger charge is 2.56. The average Bonchev–Trinajstić information content (AvgIpc) is 3.64. The van der Waals surface area contributed by atoms with Crippen LogP contribution in [0.5, 0.6) is 5.88 Å². The molecule has 9 heteroatoms. The highest BCUT2D eigenvalue weighted by atomic mass is 32.1. The molecule has 8 nitrogen and oxygen atoms in total. The van der Waals surface area contributed by atoms with E-state index in [0.29, 0.717) is 23.1 Å². The summed E-state index contributed by atoms with van der Waals surface area (Å²) in [5, 5.41) is 5.28. The van der Waals surface area contributed by atoms with Crippen LogP contribution in [0.25, 0.3) is 10.8 Å². The van der Waals surface area contributed by atoms with Crippen LogP contribution in [-0.2, 0) is 15.7 Å². The van der Waals surface area contributed by atoms with Crippen LogP contribution in [0.3, 0.4) is 0 Å². The first-order valence-electron chi connectivity index (χ1n) is 13.0. The Hall–Kier alpha value is -2.91. The van der Waals surface area contributed by atoms with E-state index in [1.165, 1.54) is 0 Å². The quantitative estimate of drug-likeness (QED) is 0.266. The normalized spacial score (nSPS) is 21.1. The number of hydrogen-bond donors (Lipinski definition) is 3. The monoisotopic (exact) mass is 521 g/mol. The third-order valence-corrected chi connectivity index (χ3v) is 7.98. The standard InChI is InChI=1S/C28H35N5O3S/c1-6-27(5,29)21-14-31-25(35-15(2)11-16(3)37)20-13-30-23(12-19(20)21)32-22-8-7-18-24(33-22)28(9-10-28)17(4)36-26(18)34/h7-8,12-17,37H,6,9-11,29H2,1-5H3,(H,30,32,33)/t15-,16?,17?,27-/m1/s1. The van der Waals surface area contributed by atoms with Gasteiger partial charge in [0, 0.05) is 23.2 Å². The largest absolute Gasteiger partial charge is 0.474 e. The van der Waals surface area contributed by atoms with Gasteiger partial charge in [0.05, 0.1) is 28.2 Å². The van der Waals surface area contributed by atoms with Crippen LogP contribution >= 0.6 is 12.6 Å². The Labute approximate surface area is 223 Å². The molecule has 1 aliphatic carbocycles. The molecule has 2 aliphatic rings. The van der Waals surface area contributed by atoms with Crippen molar-refractivity contribution in [2.24, 2.45) is 5.73 Å². The predicted molar refractivity (Wildman–Crippen MR) is 148 cm³/mol. The molecular formula is C28H35N5O3S. The predicted octanol–water partition coefficient (Wildman–Crippen LogP) is 5.42. The fourth-order valence-electron chi connectivity index (χ4n) is 5.15. The first-order valence-corrected chi connectivity index (χ1v) is 13.5. The molecule has 1 spiro atoms. The number of cyclic esters (lactones) is 1. The molecule has 3 N–H and O–H groups in total. The second-order valence-corrected chi connectivity index (χ2v) is 11.7. The van der Waals surface area contributed by atoms with Gasteiger partial charge in [-0.3, -0.25) is 0 Å². The summed E-state index contributed by atoms with van der Waals surface area (Å²) in [5.41, 5.74) is 8.21. The lowest BCUT2D eigenvalue weighted by molar-refractivity contribution is 0.0183. The van der Waals surface area contributed by atoms with Gasteiger partial charge in [0.25, 0.3) is 0 Å². The van der Waals surface area contributed by atoms with Crippen molar-refractivity contribution >= 4 is 41.0 Å². The van der Waals surface area contributed by atoms with E-state index < -0.39 is 5.54 Å². The van der Waals surface area contributed by atoms with E-state index in [9.17, 15) is 4.79 Å². The van der Waals surface area contributed by atoms with E-state index >= 15 is 0 Å². The first kappa shape index (κ1) is 25.7. The summed E-state index contributed by atoms with van der Waals surface area (Å²) in [7, 11) is 0. The summed E-state index contributed by atoms with van der Waals surface area (Å²) in [4.78, 5) is 26.6.